The van der Waals surface area contributed by atoms with Crippen LogP contribution in [0.25, 0.3) is 31.3 Å². The summed E-state index contributed by atoms with van der Waals surface area (Å²) in [5, 5.41) is 29.5. The Morgan fingerprint density at radius 2 is 1.96 bits per heavy atom. The molecule has 5 rings (SSSR count). The summed E-state index contributed by atoms with van der Waals surface area (Å²) in [6.07, 6.45) is 3.52. The predicted octanol–water partition coefficient (Wildman–Crippen LogP) is 1.62. The molecular formula is C27H29ClN10O6S2. The molecular weight excluding hydrogens is 660 g/mol. The molecule has 242 valence electrons. The van der Waals surface area contributed by atoms with Crippen LogP contribution in [0.4, 0.5) is 5.69 Å². The van der Waals surface area contributed by atoms with E-state index in [0.29, 0.717) is 42.9 Å². The van der Waals surface area contributed by atoms with Gasteiger partial charge in [-0.3, -0.25) is 14.9 Å². The van der Waals surface area contributed by atoms with Crippen LogP contribution in [0.2, 0.25) is 0 Å². The van der Waals surface area contributed by atoms with E-state index in [9.17, 15) is 24.8 Å². The van der Waals surface area contributed by atoms with E-state index in [4.69, 9.17) is 15.8 Å². The number of amides is 1. The maximum absolute atomic E-state index is 13.7. The summed E-state index contributed by atoms with van der Waals surface area (Å²) in [6.45, 7) is 4.56. The number of carbonyl (C=O) groups is 2. The number of aromatic nitrogens is 2. The van der Waals surface area contributed by atoms with Gasteiger partial charge in [0.1, 0.15) is 18.5 Å². The molecule has 0 saturated carbocycles. The number of halogens is 1. The molecule has 1 amide bonds. The maximum atomic E-state index is 13.7. The molecule has 2 aliphatic rings. The largest absolute Gasteiger partial charge is 1.00 e. The first-order valence-electron chi connectivity index (χ1n) is 14.0. The average molecular weight is 689 g/mol. The van der Waals surface area contributed by atoms with Crippen LogP contribution in [-0.2, 0) is 27.5 Å². The number of thiazole rings is 1. The number of aliphatic hydroxyl groups excluding tert-OH is 1. The number of carbonyl (C=O) groups excluding carboxylic acids is 2. The van der Waals surface area contributed by atoms with Gasteiger partial charge in [-0.25, -0.2) is 9.36 Å². The van der Waals surface area contributed by atoms with E-state index in [1.165, 1.54) is 52.3 Å². The molecule has 16 nitrogen and oxygen atoms in total. The Morgan fingerprint density at radius 3 is 2.61 bits per heavy atom. The van der Waals surface area contributed by atoms with E-state index < -0.39 is 29.0 Å². The number of imidazole rings is 1. The normalized spacial score (nSPS) is 19.1. The molecule has 4 heterocycles. The lowest BCUT2D eigenvalue weighted by Gasteiger charge is -2.46. The fourth-order valence-electron chi connectivity index (χ4n) is 5.76. The number of rotatable bonds is 14. The number of fused-ring (bicyclic) bond motifs is 2. The zero-order valence-corrected chi connectivity index (χ0v) is 27.1. The number of hydrogen-bond acceptors (Lipinski definition) is 10. The number of hydrogen-bond donors (Lipinski definition) is 1. The third-order valence-electron chi connectivity index (χ3n) is 7.77. The van der Waals surface area contributed by atoms with E-state index >= 15 is 0 Å². The summed E-state index contributed by atoms with van der Waals surface area (Å²) in [6, 6.07) is 5.25. The van der Waals surface area contributed by atoms with Gasteiger partial charge >= 0.3 is 5.97 Å². The smallest absolute Gasteiger partial charge is 0.355 e. The van der Waals surface area contributed by atoms with Crippen molar-refractivity contribution in [2.45, 2.75) is 50.6 Å². The van der Waals surface area contributed by atoms with Gasteiger partial charge in [-0.15, -0.1) is 0 Å². The lowest BCUT2D eigenvalue weighted by molar-refractivity contribution is -0.729. The second-order valence-corrected chi connectivity index (χ2v) is 12.7. The van der Waals surface area contributed by atoms with E-state index in [1.807, 2.05) is 28.4 Å². The molecule has 2 aromatic heterocycles. The topological polar surface area (TPSA) is 216 Å². The molecule has 1 N–H and O–H groups in total. The number of aryl methyl sites for hydroxylation is 1. The van der Waals surface area contributed by atoms with Crippen molar-refractivity contribution in [3.05, 3.63) is 83.9 Å². The van der Waals surface area contributed by atoms with Crippen molar-refractivity contribution in [1.82, 2.24) is 9.30 Å². The first kappa shape index (κ1) is 34.6. The minimum atomic E-state index is -0.902. The number of nitrogens with zero attached hydrogens (tertiary/aromatic N) is 10. The van der Waals surface area contributed by atoms with Gasteiger partial charge in [0.2, 0.25) is 15.8 Å². The van der Waals surface area contributed by atoms with Crippen LogP contribution >= 0.6 is 23.1 Å². The van der Waals surface area contributed by atoms with Crippen LogP contribution in [0, 0.1) is 22.0 Å². The zero-order chi connectivity index (χ0) is 32.2. The number of azide groups is 2. The van der Waals surface area contributed by atoms with Gasteiger partial charge in [-0.05, 0) is 42.1 Å². The highest BCUT2D eigenvalue weighted by Crippen LogP contribution is 2.52. The van der Waals surface area contributed by atoms with E-state index in [-0.39, 0.29) is 42.2 Å². The monoisotopic (exact) mass is 688 g/mol. The fraction of sp³-hybridized carbons (Fsp3) is 0.444. The Bertz CT molecular complexity index is 1780. The second-order valence-electron chi connectivity index (χ2n) is 10.5. The second kappa shape index (κ2) is 14.9. The van der Waals surface area contributed by atoms with Crippen molar-refractivity contribution in [2.75, 3.05) is 18.8 Å². The highest BCUT2D eigenvalue weighted by atomic mass is 35.5. The molecule has 1 saturated heterocycles. The molecule has 0 unspecified atom stereocenters. The number of esters is 1. The molecule has 3 aromatic rings. The fourth-order valence-corrected chi connectivity index (χ4v) is 8.14. The molecule has 2 aliphatic heterocycles. The number of thioether (sulfide) groups is 1. The van der Waals surface area contributed by atoms with E-state index in [0.717, 1.165) is 14.7 Å². The Balaban J connectivity index is 0.00000480. The van der Waals surface area contributed by atoms with Crippen molar-refractivity contribution in [3.63, 3.8) is 0 Å². The van der Waals surface area contributed by atoms with Gasteiger partial charge in [-0.1, -0.05) is 40.3 Å². The van der Waals surface area contributed by atoms with Crippen molar-refractivity contribution >= 4 is 51.1 Å². The molecule has 46 heavy (non-hydrogen) atoms. The molecule has 1 aromatic carbocycles. The third kappa shape index (κ3) is 6.63. The lowest BCUT2D eigenvalue weighted by atomic mass is 9.77. The molecule has 4 atom stereocenters. The van der Waals surface area contributed by atoms with Crippen molar-refractivity contribution in [2.24, 2.45) is 22.1 Å². The summed E-state index contributed by atoms with van der Waals surface area (Å²) >= 11 is 2.96. The molecule has 0 radical (unpaired) electrons. The van der Waals surface area contributed by atoms with E-state index in [1.54, 1.807) is 6.92 Å². The highest BCUT2D eigenvalue weighted by molar-refractivity contribution is 7.99. The average Bonchev–Trinajstić information content (AvgIpc) is 3.63. The SMILES string of the molecule is C[C@@H](O)[C@H]1C(=O)N2C(C(=O)OCc3ccc([N+](=O)[O-])cc3)=C(c3cn4c[n+](CCCN=[N+]=[N-])c(SCCN=[N+]=[N-])c4s3)[C@H](C)[C@H]12.[Cl-]. The summed E-state index contributed by atoms with van der Waals surface area (Å²) in [5.41, 5.74) is 18.5. The minimum absolute atomic E-state index is 0. The summed E-state index contributed by atoms with van der Waals surface area (Å²) in [5.74, 6) is -1.47. The zero-order valence-electron chi connectivity index (χ0n) is 24.7. The number of aliphatic hydroxyl groups is 1. The summed E-state index contributed by atoms with van der Waals surface area (Å²) in [7, 11) is 0. The molecule has 19 heteroatoms. The van der Waals surface area contributed by atoms with Crippen molar-refractivity contribution in [1.29, 1.82) is 0 Å². The number of non-ortho nitro benzene ring substituents is 1. The maximum Gasteiger partial charge on any atom is 0.355 e. The van der Waals surface area contributed by atoms with Crippen LogP contribution in [0.5, 0.6) is 0 Å². The Labute approximate surface area is 276 Å². The van der Waals surface area contributed by atoms with Crippen LogP contribution in [0.1, 0.15) is 30.7 Å². The number of ether oxygens (including phenoxy) is 1. The van der Waals surface area contributed by atoms with Crippen LogP contribution < -0.4 is 17.0 Å². The summed E-state index contributed by atoms with van der Waals surface area (Å²) in [4.78, 5) is 46.0. The van der Waals surface area contributed by atoms with Gasteiger partial charge in [0, 0.05) is 52.3 Å². The number of β-lactam (4-membered cyclic amide) rings is 1. The van der Waals surface area contributed by atoms with Crippen molar-refractivity contribution < 1.29 is 41.3 Å². The Kier molecular flexibility index (Phi) is 11.2. The van der Waals surface area contributed by atoms with Crippen molar-refractivity contribution in [3.8, 4) is 0 Å². The van der Waals surface area contributed by atoms with Gasteiger partial charge in [-0.2, -0.15) is 4.40 Å². The number of nitro benzene ring substituents is 1. The van der Waals surface area contributed by atoms with Gasteiger partial charge in [0.15, 0.2) is 0 Å². The minimum Gasteiger partial charge on any atom is -1.00 e. The molecule has 0 spiro atoms. The molecule has 0 bridgehead atoms. The van der Waals surface area contributed by atoms with Gasteiger partial charge in [0.25, 0.3) is 12.0 Å². The Morgan fingerprint density at radius 1 is 1.26 bits per heavy atom. The van der Waals surface area contributed by atoms with Crippen LogP contribution in [-0.4, -0.2) is 62.2 Å². The highest BCUT2D eigenvalue weighted by Gasteiger charge is 2.60. The summed E-state index contributed by atoms with van der Waals surface area (Å²) < 4.78 is 9.61. The quantitative estimate of drug-likeness (QED) is 0.0252. The lowest BCUT2D eigenvalue weighted by Crippen LogP contribution is -3.00. The Hall–Kier alpha value is -4.31. The van der Waals surface area contributed by atoms with E-state index in [2.05, 4.69) is 20.1 Å². The predicted molar refractivity (Wildman–Crippen MR) is 164 cm³/mol. The first-order chi connectivity index (χ1) is 21.7. The van der Waals surface area contributed by atoms with Crippen LogP contribution in [0.15, 0.2) is 57.7 Å². The molecule has 0 aliphatic carbocycles. The first-order valence-corrected chi connectivity index (χ1v) is 15.8. The standard InChI is InChI=1S/C27H29N10O6S2.ClH/c1-15-20(19-12-35-14-34(10-3-8-30-32-28)25(26(35)45-19)44-11-9-31-33-29)23(36-22(15)21(16(2)38)24(36)39)27(40)43-13-17-4-6-18(7-5-17)37(41)42;/h4-7,12,14-16,21-22,38H,3,8-11,13H2,1-2H3;1H/q+1;/p-1/t15-,16+,21+,22+;/m0./s1. The molecule has 1 fully saturated rings. The van der Waals surface area contributed by atoms with Crippen LogP contribution in [0.3, 0.4) is 0 Å². The van der Waals surface area contributed by atoms with Gasteiger partial charge < -0.3 is 27.2 Å². The number of benzene rings is 1. The third-order valence-corrected chi connectivity index (χ3v) is 10.1. The number of nitro groups is 1. The van der Waals surface area contributed by atoms with Gasteiger partial charge in [0.05, 0.1) is 34.4 Å².